The van der Waals surface area contributed by atoms with E-state index in [1.165, 1.54) is 17.3 Å². The molecule has 0 radical (unpaired) electrons. The minimum Gasteiger partial charge on any atom is -0.356 e. The van der Waals surface area contributed by atoms with Gasteiger partial charge in [-0.1, -0.05) is 12.1 Å². The maximum absolute atomic E-state index is 13.7. The summed E-state index contributed by atoms with van der Waals surface area (Å²) >= 11 is 0. The number of aromatic nitrogens is 1. The number of fused-ring (bicyclic) bond motifs is 3. The second-order valence-corrected chi connectivity index (χ2v) is 5.10. The van der Waals surface area contributed by atoms with Gasteiger partial charge in [0.25, 0.3) is 0 Å². The van der Waals surface area contributed by atoms with Crippen LogP contribution in [-0.2, 0) is 12.8 Å². The Morgan fingerprint density at radius 3 is 2.94 bits per heavy atom. The Balaban J connectivity index is 2.12. The van der Waals surface area contributed by atoms with E-state index in [0.29, 0.717) is 11.6 Å². The van der Waals surface area contributed by atoms with Crippen LogP contribution in [0.3, 0.4) is 0 Å². The number of nitrogens with zero attached hydrogens (tertiary/aromatic N) is 1. The van der Waals surface area contributed by atoms with E-state index < -0.39 is 0 Å². The van der Waals surface area contributed by atoms with Crippen LogP contribution in [0, 0.1) is 5.82 Å². The van der Waals surface area contributed by atoms with E-state index in [9.17, 15) is 4.39 Å². The third-order valence-electron chi connectivity index (χ3n) is 3.88. The molecule has 0 fully saturated rings. The Labute approximate surface area is 100 Å². The summed E-state index contributed by atoms with van der Waals surface area (Å²) in [4.78, 5) is 5.52. The summed E-state index contributed by atoms with van der Waals surface area (Å²) in [5.74, 6) is -0.140. The SMILES string of the molecule is CN(C)C1CCc2[nH]c3c(F)cccc3c2C1. The van der Waals surface area contributed by atoms with E-state index in [-0.39, 0.29) is 5.82 Å². The normalized spacial score (nSPS) is 19.9. The summed E-state index contributed by atoms with van der Waals surface area (Å²) in [7, 11) is 4.23. The fourth-order valence-corrected chi connectivity index (χ4v) is 2.83. The number of aromatic amines is 1. The molecule has 17 heavy (non-hydrogen) atoms. The quantitative estimate of drug-likeness (QED) is 0.801. The van der Waals surface area contributed by atoms with Crippen LogP contribution >= 0.6 is 0 Å². The first-order valence-corrected chi connectivity index (χ1v) is 6.11. The fourth-order valence-electron chi connectivity index (χ4n) is 2.83. The number of hydrogen-bond acceptors (Lipinski definition) is 1. The minimum absolute atomic E-state index is 0.140. The van der Waals surface area contributed by atoms with Crippen molar-refractivity contribution in [1.82, 2.24) is 9.88 Å². The van der Waals surface area contributed by atoms with Crippen LogP contribution in [-0.4, -0.2) is 30.0 Å². The highest BCUT2D eigenvalue weighted by atomic mass is 19.1. The molecule has 2 aromatic rings. The molecule has 90 valence electrons. The molecular weight excluding hydrogens is 215 g/mol. The average molecular weight is 232 g/mol. The molecule has 0 aliphatic heterocycles. The summed E-state index contributed by atoms with van der Waals surface area (Å²) in [6.45, 7) is 0. The number of likely N-dealkylation sites (N-methyl/N-ethyl adjacent to an activating group) is 1. The first-order chi connectivity index (χ1) is 8.16. The molecule has 3 heteroatoms. The van der Waals surface area contributed by atoms with Crippen LogP contribution in [0.25, 0.3) is 10.9 Å². The van der Waals surface area contributed by atoms with Crippen molar-refractivity contribution >= 4 is 10.9 Å². The minimum atomic E-state index is -0.140. The fraction of sp³-hybridized carbons (Fsp3) is 0.429. The predicted octanol–water partition coefficient (Wildman–Crippen LogP) is 2.73. The monoisotopic (exact) mass is 232 g/mol. The van der Waals surface area contributed by atoms with Crippen molar-refractivity contribution in [2.75, 3.05) is 14.1 Å². The number of para-hydroxylation sites is 1. The van der Waals surface area contributed by atoms with Gasteiger partial charge in [0.1, 0.15) is 5.82 Å². The summed E-state index contributed by atoms with van der Waals surface area (Å²) in [5.41, 5.74) is 3.21. The molecule has 1 heterocycles. The lowest BCUT2D eigenvalue weighted by molar-refractivity contribution is 0.268. The zero-order chi connectivity index (χ0) is 12.0. The van der Waals surface area contributed by atoms with Gasteiger partial charge in [-0.3, -0.25) is 0 Å². The molecule has 3 rings (SSSR count). The van der Waals surface area contributed by atoms with Gasteiger partial charge in [0.2, 0.25) is 0 Å². The van der Waals surface area contributed by atoms with Gasteiger partial charge < -0.3 is 9.88 Å². The van der Waals surface area contributed by atoms with Gasteiger partial charge in [-0.05, 0) is 45.0 Å². The summed E-state index contributed by atoms with van der Waals surface area (Å²) in [6, 6.07) is 5.91. The van der Waals surface area contributed by atoms with Gasteiger partial charge in [0.15, 0.2) is 0 Å². The zero-order valence-corrected chi connectivity index (χ0v) is 10.3. The molecule has 1 unspecified atom stereocenters. The van der Waals surface area contributed by atoms with Crippen molar-refractivity contribution in [1.29, 1.82) is 0 Å². The van der Waals surface area contributed by atoms with E-state index in [2.05, 4.69) is 24.0 Å². The van der Waals surface area contributed by atoms with E-state index >= 15 is 0 Å². The highest BCUT2D eigenvalue weighted by Crippen LogP contribution is 2.31. The topological polar surface area (TPSA) is 19.0 Å². The summed E-state index contributed by atoms with van der Waals surface area (Å²) < 4.78 is 13.7. The van der Waals surface area contributed by atoms with Gasteiger partial charge in [-0.2, -0.15) is 0 Å². The second kappa shape index (κ2) is 3.84. The van der Waals surface area contributed by atoms with Crippen molar-refractivity contribution in [2.24, 2.45) is 0 Å². The molecule has 0 bridgehead atoms. The third-order valence-corrected chi connectivity index (χ3v) is 3.88. The Morgan fingerprint density at radius 2 is 2.18 bits per heavy atom. The van der Waals surface area contributed by atoms with Crippen molar-refractivity contribution < 1.29 is 4.39 Å². The Bertz CT molecular complexity index is 557. The van der Waals surface area contributed by atoms with Crippen LogP contribution in [0.4, 0.5) is 4.39 Å². The molecule has 0 saturated heterocycles. The largest absolute Gasteiger partial charge is 0.356 e. The second-order valence-electron chi connectivity index (χ2n) is 5.10. The molecule has 1 aromatic heterocycles. The van der Waals surface area contributed by atoms with Crippen LogP contribution < -0.4 is 0 Å². The van der Waals surface area contributed by atoms with Crippen LogP contribution in [0.15, 0.2) is 18.2 Å². The highest BCUT2D eigenvalue weighted by molar-refractivity contribution is 5.85. The molecule has 1 aliphatic rings. The number of halogens is 1. The molecule has 0 spiro atoms. The van der Waals surface area contributed by atoms with Gasteiger partial charge in [-0.25, -0.2) is 4.39 Å². The number of hydrogen-bond donors (Lipinski definition) is 1. The average Bonchev–Trinajstić information content (AvgIpc) is 2.68. The summed E-state index contributed by atoms with van der Waals surface area (Å²) in [5, 5.41) is 1.06. The van der Waals surface area contributed by atoms with E-state index in [1.54, 1.807) is 6.07 Å². The van der Waals surface area contributed by atoms with E-state index in [4.69, 9.17) is 0 Å². The lowest BCUT2D eigenvalue weighted by atomic mass is 9.91. The third kappa shape index (κ3) is 1.65. The van der Waals surface area contributed by atoms with Gasteiger partial charge in [0.05, 0.1) is 5.52 Å². The predicted molar refractivity (Wildman–Crippen MR) is 67.8 cm³/mol. The van der Waals surface area contributed by atoms with Crippen molar-refractivity contribution in [3.63, 3.8) is 0 Å². The molecular formula is C14H17FN2. The van der Waals surface area contributed by atoms with Crippen LogP contribution in [0.5, 0.6) is 0 Å². The van der Waals surface area contributed by atoms with Crippen molar-refractivity contribution in [3.8, 4) is 0 Å². The summed E-state index contributed by atoms with van der Waals surface area (Å²) in [6.07, 6.45) is 3.19. The number of aryl methyl sites for hydroxylation is 1. The lowest BCUT2D eigenvalue weighted by Gasteiger charge is -2.28. The van der Waals surface area contributed by atoms with Gasteiger partial charge in [-0.15, -0.1) is 0 Å². The molecule has 1 atom stereocenters. The first kappa shape index (κ1) is 10.8. The number of rotatable bonds is 1. The van der Waals surface area contributed by atoms with E-state index in [1.807, 2.05) is 6.07 Å². The molecule has 1 aliphatic carbocycles. The molecule has 1 N–H and O–H groups in total. The molecule has 1 aromatic carbocycles. The Hall–Kier alpha value is -1.35. The zero-order valence-electron chi connectivity index (χ0n) is 10.3. The Kier molecular flexibility index (Phi) is 2.44. The van der Waals surface area contributed by atoms with Crippen molar-refractivity contribution in [2.45, 2.75) is 25.3 Å². The number of benzene rings is 1. The van der Waals surface area contributed by atoms with Crippen LogP contribution in [0.1, 0.15) is 17.7 Å². The van der Waals surface area contributed by atoms with E-state index in [0.717, 1.165) is 24.6 Å². The number of nitrogens with one attached hydrogen (secondary N) is 1. The maximum atomic E-state index is 13.7. The molecule has 2 nitrogen and oxygen atoms in total. The molecule has 0 saturated carbocycles. The first-order valence-electron chi connectivity index (χ1n) is 6.11. The van der Waals surface area contributed by atoms with Gasteiger partial charge in [0, 0.05) is 17.1 Å². The Morgan fingerprint density at radius 1 is 1.35 bits per heavy atom. The number of H-pyrrole nitrogens is 1. The highest BCUT2D eigenvalue weighted by Gasteiger charge is 2.24. The van der Waals surface area contributed by atoms with Gasteiger partial charge >= 0.3 is 0 Å². The smallest absolute Gasteiger partial charge is 0.147 e. The standard InChI is InChI=1S/C14H17FN2/c1-17(2)9-6-7-13-11(8-9)10-4-3-5-12(15)14(10)16-13/h3-5,9,16H,6-8H2,1-2H3. The maximum Gasteiger partial charge on any atom is 0.147 e. The van der Waals surface area contributed by atoms with Crippen molar-refractivity contribution in [3.05, 3.63) is 35.3 Å². The lowest BCUT2D eigenvalue weighted by Crippen LogP contribution is -2.33. The molecule has 0 amide bonds. The van der Waals surface area contributed by atoms with Crippen LogP contribution in [0.2, 0.25) is 0 Å².